The van der Waals surface area contributed by atoms with Gasteiger partial charge in [-0.25, -0.2) is 0 Å². The van der Waals surface area contributed by atoms with E-state index in [2.05, 4.69) is 15.1 Å². The summed E-state index contributed by atoms with van der Waals surface area (Å²) in [6, 6.07) is 1.34. The van der Waals surface area contributed by atoms with Crippen molar-refractivity contribution in [2.75, 3.05) is 46.8 Å². The fourth-order valence-corrected chi connectivity index (χ4v) is 4.09. The lowest BCUT2D eigenvalue weighted by molar-refractivity contribution is -0.136. The highest BCUT2D eigenvalue weighted by atomic mass is 16.2. The number of piperazine rings is 1. The van der Waals surface area contributed by atoms with Gasteiger partial charge in [0.15, 0.2) is 0 Å². The third kappa shape index (κ3) is 2.39. The Morgan fingerprint density at radius 1 is 1.16 bits per heavy atom. The Balaban J connectivity index is 1.75. The smallest absolute Gasteiger partial charge is 0.240 e. The summed E-state index contributed by atoms with van der Waals surface area (Å²) in [6.07, 6.45) is 3.89. The van der Waals surface area contributed by atoms with Crippen molar-refractivity contribution < 1.29 is 4.79 Å². The van der Waals surface area contributed by atoms with E-state index in [-0.39, 0.29) is 11.9 Å². The molecule has 3 saturated heterocycles. The first kappa shape index (κ1) is 13.3. The van der Waals surface area contributed by atoms with E-state index in [0.717, 1.165) is 19.6 Å². The normalized spacial score (nSPS) is 36.4. The van der Waals surface area contributed by atoms with Crippen LogP contribution in [0.5, 0.6) is 0 Å². The first-order valence-corrected chi connectivity index (χ1v) is 7.60. The summed E-state index contributed by atoms with van der Waals surface area (Å²) in [5.74, 6) is 0.253. The van der Waals surface area contributed by atoms with Crippen LogP contribution in [0, 0.1) is 0 Å². The molecule has 0 aliphatic carbocycles. The van der Waals surface area contributed by atoms with Crippen molar-refractivity contribution in [3.05, 3.63) is 0 Å². The average molecular weight is 266 g/mol. The van der Waals surface area contributed by atoms with Crippen molar-refractivity contribution in [3.8, 4) is 0 Å². The number of hydrogen-bond donors (Lipinski definition) is 1. The maximum absolute atomic E-state index is 12.4. The van der Waals surface area contributed by atoms with Crippen molar-refractivity contribution in [2.24, 2.45) is 0 Å². The van der Waals surface area contributed by atoms with Gasteiger partial charge in [0.2, 0.25) is 5.91 Å². The molecule has 108 valence electrons. The molecule has 3 fully saturated rings. The summed E-state index contributed by atoms with van der Waals surface area (Å²) in [5, 5.41) is 3.38. The molecule has 0 saturated carbocycles. The monoisotopic (exact) mass is 266 g/mol. The molecule has 1 amide bonds. The average Bonchev–Trinajstić information content (AvgIpc) is 3.00. The van der Waals surface area contributed by atoms with Crippen LogP contribution >= 0.6 is 0 Å². The number of amides is 1. The van der Waals surface area contributed by atoms with Crippen molar-refractivity contribution in [1.82, 2.24) is 20.0 Å². The first-order valence-electron chi connectivity index (χ1n) is 7.60. The van der Waals surface area contributed by atoms with Crippen LogP contribution in [0.2, 0.25) is 0 Å². The van der Waals surface area contributed by atoms with Gasteiger partial charge in [-0.2, -0.15) is 0 Å². The molecular formula is C14H26N4O. The molecule has 3 aliphatic heterocycles. The lowest BCUT2D eigenvalue weighted by Gasteiger charge is -2.42. The van der Waals surface area contributed by atoms with E-state index in [1.165, 1.54) is 32.4 Å². The Bertz CT molecular complexity index is 346. The van der Waals surface area contributed by atoms with Crippen LogP contribution in [0.3, 0.4) is 0 Å². The van der Waals surface area contributed by atoms with Gasteiger partial charge in [0.1, 0.15) is 6.04 Å². The van der Waals surface area contributed by atoms with Gasteiger partial charge in [-0.3, -0.25) is 14.6 Å². The van der Waals surface area contributed by atoms with Gasteiger partial charge >= 0.3 is 0 Å². The van der Waals surface area contributed by atoms with Crippen LogP contribution in [-0.4, -0.2) is 85.6 Å². The fourth-order valence-electron chi connectivity index (χ4n) is 4.09. The molecule has 0 aromatic carbocycles. The minimum absolute atomic E-state index is 0.0364. The fraction of sp³-hybridized carbons (Fsp3) is 0.929. The first-order chi connectivity index (χ1) is 9.18. The number of rotatable bonds is 2. The van der Waals surface area contributed by atoms with Gasteiger partial charge in [0.05, 0.1) is 0 Å². The number of likely N-dealkylation sites (N-methyl/N-ethyl adjacent to an activating group) is 1. The highest BCUT2D eigenvalue weighted by Crippen LogP contribution is 2.32. The number of carbonyl (C=O) groups excluding carboxylic acids is 1. The zero-order valence-corrected chi connectivity index (χ0v) is 12.1. The lowest BCUT2D eigenvalue weighted by atomic mass is 10.0. The summed E-state index contributed by atoms with van der Waals surface area (Å²) >= 11 is 0. The van der Waals surface area contributed by atoms with E-state index >= 15 is 0 Å². The van der Waals surface area contributed by atoms with Crippen molar-refractivity contribution in [1.29, 1.82) is 0 Å². The Kier molecular flexibility index (Phi) is 3.78. The van der Waals surface area contributed by atoms with Crippen molar-refractivity contribution >= 4 is 5.91 Å². The minimum Gasteiger partial charge on any atom is -0.347 e. The van der Waals surface area contributed by atoms with Crippen LogP contribution < -0.4 is 5.32 Å². The molecule has 5 heteroatoms. The van der Waals surface area contributed by atoms with E-state index in [4.69, 9.17) is 0 Å². The summed E-state index contributed by atoms with van der Waals surface area (Å²) in [6.45, 7) is 5.32. The van der Waals surface area contributed by atoms with E-state index in [1.54, 1.807) is 4.90 Å². The van der Waals surface area contributed by atoms with E-state index in [9.17, 15) is 4.79 Å². The summed E-state index contributed by atoms with van der Waals surface area (Å²) in [7, 11) is 3.73. The van der Waals surface area contributed by atoms with E-state index in [0.29, 0.717) is 12.1 Å². The Morgan fingerprint density at radius 3 is 2.79 bits per heavy atom. The predicted molar refractivity (Wildman–Crippen MR) is 75.1 cm³/mol. The minimum atomic E-state index is 0.0364. The maximum Gasteiger partial charge on any atom is 0.240 e. The molecule has 1 N–H and O–H groups in total. The quantitative estimate of drug-likeness (QED) is 0.737. The zero-order valence-electron chi connectivity index (χ0n) is 12.1. The van der Waals surface area contributed by atoms with Crippen LogP contribution in [0.25, 0.3) is 0 Å². The second-order valence-corrected chi connectivity index (χ2v) is 6.29. The Labute approximate surface area is 115 Å². The molecule has 3 atom stereocenters. The molecule has 3 rings (SSSR count). The third-order valence-electron chi connectivity index (χ3n) is 5.01. The van der Waals surface area contributed by atoms with Gasteiger partial charge in [0.25, 0.3) is 0 Å². The molecule has 0 spiro atoms. The van der Waals surface area contributed by atoms with Gasteiger partial charge in [0, 0.05) is 52.4 Å². The Hall–Kier alpha value is -0.650. The molecule has 3 aliphatic rings. The zero-order chi connectivity index (χ0) is 13.4. The number of fused-ring (bicyclic) bond motifs is 1. The van der Waals surface area contributed by atoms with Gasteiger partial charge < -0.3 is 10.2 Å². The molecule has 0 aromatic heterocycles. The van der Waals surface area contributed by atoms with E-state index in [1.807, 2.05) is 14.1 Å². The molecule has 5 nitrogen and oxygen atoms in total. The topological polar surface area (TPSA) is 38.8 Å². The van der Waals surface area contributed by atoms with Crippen LogP contribution in [-0.2, 0) is 4.79 Å². The standard InChI is InChI=1S/C14H26N4O/c1-16(2)14(19)13-10-15-6-9-18(13)12-5-8-17-7-3-4-11(12)17/h11-13,15H,3-10H2,1-2H3. The molecule has 3 heterocycles. The number of carbonyl (C=O) groups is 1. The third-order valence-corrected chi connectivity index (χ3v) is 5.01. The molecule has 0 aromatic rings. The second-order valence-electron chi connectivity index (χ2n) is 6.29. The maximum atomic E-state index is 12.4. The summed E-state index contributed by atoms with van der Waals surface area (Å²) in [4.78, 5) is 19.3. The predicted octanol–water partition coefficient (Wildman–Crippen LogP) is -0.415. The largest absolute Gasteiger partial charge is 0.347 e. The summed E-state index contributed by atoms with van der Waals surface area (Å²) < 4.78 is 0. The van der Waals surface area contributed by atoms with Crippen LogP contribution in [0.4, 0.5) is 0 Å². The van der Waals surface area contributed by atoms with Crippen molar-refractivity contribution in [3.63, 3.8) is 0 Å². The van der Waals surface area contributed by atoms with Crippen molar-refractivity contribution in [2.45, 2.75) is 37.4 Å². The Morgan fingerprint density at radius 2 is 2.00 bits per heavy atom. The summed E-state index contributed by atoms with van der Waals surface area (Å²) in [5.41, 5.74) is 0. The molecule has 3 unspecified atom stereocenters. The van der Waals surface area contributed by atoms with Crippen LogP contribution in [0.15, 0.2) is 0 Å². The molecular weight excluding hydrogens is 240 g/mol. The lowest BCUT2D eigenvalue weighted by Crippen LogP contribution is -2.62. The number of hydrogen-bond acceptors (Lipinski definition) is 4. The van der Waals surface area contributed by atoms with E-state index < -0.39 is 0 Å². The van der Waals surface area contributed by atoms with Gasteiger partial charge in [-0.1, -0.05) is 0 Å². The molecule has 0 radical (unpaired) electrons. The molecule has 0 bridgehead atoms. The van der Waals surface area contributed by atoms with Gasteiger partial charge in [-0.15, -0.1) is 0 Å². The highest BCUT2D eigenvalue weighted by Gasteiger charge is 2.44. The molecule has 19 heavy (non-hydrogen) atoms. The highest BCUT2D eigenvalue weighted by molar-refractivity contribution is 5.81. The number of nitrogens with zero attached hydrogens (tertiary/aromatic N) is 3. The SMILES string of the molecule is CN(C)C(=O)C1CNCCN1C1CCN2CCCC12. The van der Waals surface area contributed by atoms with Crippen LogP contribution in [0.1, 0.15) is 19.3 Å². The number of nitrogens with one attached hydrogen (secondary N) is 1. The second kappa shape index (κ2) is 5.38. The van der Waals surface area contributed by atoms with Gasteiger partial charge in [-0.05, 0) is 25.8 Å².